The maximum atomic E-state index is 12.8. The molecule has 2 rings (SSSR count). The van der Waals surface area contributed by atoms with Crippen LogP contribution in [-0.2, 0) is 30.4 Å². The minimum Gasteiger partial charge on any atom is -1.00 e. The van der Waals surface area contributed by atoms with Gasteiger partial charge in [0, 0.05) is 44.2 Å². The van der Waals surface area contributed by atoms with Crippen molar-refractivity contribution < 1.29 is 96.5 Å². The number of halogens is 5. The highest BCUT2D eigenvalue weighted by Gasteiger charge is 2.18. The number of rotatable bonds is 25. The van der Waals surface area contributed by atoms with Crippen LogP contribution in [0.1, 0.15) is 169 Å². The largest absolute Gasteiger partial charge is 1.00 e. The summed E-state index contributed by atoms with van der Waals surface area (Å²) in [5, 5.41) is 8.66. The van der Waals surface area contributed by atoms with Gasteiger partial charge in [0.2, 0.25) is 23.0 Å². The van der Waals surface area contributed by atoms with E-state index in [1.807, 2.05) is 12.1 Å². The molecule has 0 spiro atoms. The summed E-state index contributed by atoms with van der Waals surface area (Å²) in [7, 11) is 0. The normalized spacial score (nSPS) is 9.70. The van der Waals surface area contributed by atoms with Gasteiger partial charge in [-0.05, 0) is 61.4 Å². The number of hydrogen-bond donors (Lipinski definition) is 7. The van der Waals surface area contributed by atoms with E-state index in [9.17, 15) is 24.0 Å². The monoisotopic (exact) mass is 945 g/mol. The third-order valence-corrected chi connectivity index (χ3v) is 9.22. The van der Waals surface area contributed by atoms with Crippen LogP contribution < -0.4 is 88.5 Å². The van der Waals surface area contributed by atoms with Crippen molar-refractivity contribution in [3.63, 3.8) is 0 Å². The Bertz CT molecular complexity index is 1310. The molecule has 60 heavy (non-hydrogen) atoms. The fourth-order valence-electron chi connectivity index (χ4n) is 5.54. The van der Waals surface area contributed by atoms with Crippen LogP contribution in [0.2, 0.25) is 0 Å². The molecular weight excluding hydrogens is 872 g/mol. The van der Waals surface area contributed by atoms with Crippen molar-refractivity contribution in [2.24, 2.45) is 0 Å². The zero-order chi connectivity index (χ0) is 42.3. The van der Waals surface area contributed by atoms with Gasteiger partial charge in [-0.2, -0.15) is 0 Å². The van der Waals surface area contributed by atoms with E-state index in [1.54, 1.807) is 12.1 Å². The summed E-state index contributed by atoms with van der Waals surface area (Å²) in [5.74, 6) is -0.286. The molecule has 0 aliphatic rings. The van der Waals surface area contributed by atoms with E-state index in [0.29, 0.717) is 54.7 Å². The average molecular weight is 948 g/mol. The van der Waals surface area contributed by atoms with Gasteiger partial charge in [0.1, 0.15) is 5.78 Å². The number of carbonyl (C=O) groups is 5. The minimum absolute atomic E-state index is 0. The Morgan fingerprint density at radius 2 is 0.733 bits per heavy atom. The highest BCUT2D eigenvalue weighted by Crippen LogP contribution is 2.32. The molecule has 0 heterocycles. The van der Waals surface area contributed by atoms with Gasteiger partial charge in [0.05, 0.1) is 23.5 Å². The lowest BCUT2D eigenvalue weighted by Gasteiger charge is -2.19. The molecule has 0 saturated carbocycles. The van der Waals surface area contributed by atoms with Crippen LogP contribution in [-0.4, -0.2) is 28.7 Å². The molecule has 0 radical (unpaired) electrons. The summed E-state index contributed by atoms with van der Waals surface area (Å²) in [4.78, 5) is 60.9. The van der Waals surface area contributed by atoms with Gasteiger partial charge >= 0.3 is 0 Å². The van der Waals surface area contributed by atoms with E-state index in [0.717, 1.165) is 119 Å². The molecule has 0 saturated heterocycles. The smallest absolute Gasteiger partial charge is 0.224 e. The Morgan fingerprint density at radius 3 is 1.07 bits per heavy atom. The first-order valence-corrected chi connectivity index (χ1v) is 21.3. The van der Waals surface area contributed by atoms with Gasteiger partial charge in [0.15, 0.2) is 22.7 Å². The minimum atomic E-state index is -0.210. The van der Waals surface area contributed by atoms with Crippen molar-refractivity contribution in [2.75, 3.05) is 16.0 Å². The molecule has 0 aliphatic carbocycles. The summed E-state index contributed by atoms with van der Waals surface area (Å²) in [6, 6.07) is 7.24. The Hall–Kier alpha value is -2.52. The lowest BCUT2D eigenvalue weighted by molar-refractivity contribution is -0.313. The second-order valence-electron chi connectivity index (χ2n) is 14.4. The average Bonchev–Trinajstić information content (AvgIpc) is 3.13. The van der Waals surface area contributed by atoms with E-state index in [1.165, 1.54) is 0 Å². The van der Waals surface area contributed by atoms with Crippen molar-refractivity contribution in [3.05, 3.63) is 29.8 Å². The van der Waals surface area contributed by atoms with E-state index in [-0.39, 0.29) is 84.8 Å². The third-order valence-electron chi connectivity index (χ3n) is 9.03. The van der Waals surface area contributed by atoms with E-state index in [4.69, 9.17) is 11.6 Å². The summed E-state index contributed by atoms with van der Waals surface area (Å²) in [5.41, 5.74) is 21.0. The van der Waals surface area contributed by atoms with Crippen molar-refractivity contribution in [2.45, 2.75) is 169 Å². The molecule has 0 aliphatic heterocycles. The fraction of sp³-hybridized carbons (Fsp3) is 0.605. The molecule has 0 bridgehead atoms. The zero-order valence-corrected chi connectivity index (χ0v) is 40.7. The summed E-state index contributed by atoms with van der Waals surface area (Å²) in [6.45, 7) is 10.5. The first-order valence-electron chi connectivity index (χ1n) is 20.9. The molecule has 15 N–H and O–H groups in total. The van der Waals surface area contributed by atoms with Crippen molar-refractivity contribution in [1.82, 2.24) is 0 Å². The van der Waals surface area contributed by atoms with Crippen LogP contribution in [0.3, 0.4) is 0 Å². The summed E-state index contributed by atoms with van der Waals surface area (Å²) < 4.78 is 0. The van der Waals surface area contributed by atoms with Gasteiger partial charge in [0.25, 0.3) is 0 Å². The number of anilines is 3. The van der Waals surface area contributed by atoms with Gasteiger partial charge in [-0.3, -0.25) is 24.0 Å². The number of amides is 3. The quantitative estimate of drug-likeness (QED) is 0.0385. The molecule has 0 fully saturated rings. The molecule has 0 atom stereocenters. The number of hydrogen-bond acceptors (Lipinski definition) is 5. The summed E-state index contributed by atoms with van der Waals surface area (Å²) >= 11 is 5.07. The SMILES string of the molecule is CCCCCC(=O)Cc1cc(NC(=O)CCCCC)c(NC(=O)CCCCC)cc1NC(=O)CCCCC.CCCCCC(=O)Cl.[Cl-].[Cl-].[Cl-].[Cl-].[NH3+]c1cc([NH3+])c([NH3+])cc1[NH3+]. The predicted octanol–water partition coefficient (Wildman–Crippen LogP) is -4.54. The van der Waals surface area contributed by atoms with Crippen LogP contribution in [0.5, 0.6) is 0 Å². The molecule has 0 aromatic heterocycles. The number of quaternary nitrogens is 4. The van der Waals surface area contributed by atoms with E-state index in [2.05, 4.69) is 73.5 Å². The topological polar surface area (TPSA) is 232 Å². The molecule has 12 nitrogen and oxygen atoms in total. The van der Waals surface area contributed by atoms with Crippen LogP contribution in [0.15, 0.2) is 24.3 Å². The highest BCUT2D eigenvalue weighted by molar-refractivity contribution is 6.63. The number of Topliss-reactive ketones (excluding diaryl/α,β-unsaturated/α-hetero) is 1. The van der Waals surface area contributed by atoms with Gasteiger partial charge in [-0.25, -0.2) is 0 Å². The number of benzene rings is 2. The highest BCUT2D eigenvalue weighted by atomic mass is 35.5. The standard InChI is InChI=1S/C31H51N3O4.C6H11ClO.C6H10N4.4ClH/c1-5-9-13-17-25(35)21-24-22-27(33-30(37)19-15-11-7-3)28(34-31(38)20-16-12-8-4)23-26(24)32-29(36)18-14-10-6-2;1-2-3-4-5-6(7)8;7-3-1-4(8)6(10)2-5(3)9;;;;/h22-23H,5-21H2,1-4H3,(H,32,36)(H,33,37)(H,34,38);2-5H2,1H3;1-2H,7-10H2;4*1H. The van der Waals surface area contributed by atoms with E-state index < -0.39 is 0 Å². The Labute approximate surface area is 390 Å². The number of nitrogens with one attached hydrogen (secondary N) is 3. The van der Waals surface area contributed by atoms with Gasteiger partial charge in [-0.1, -0.05) is 98.8 Å². The van der Waals surface area contributed by atoms with E-state index >= 15 is 0 Å². The van der Waals surface area contributed by atoms with Crippen molar-refractivity contribution in [1.29, 1.82) is 0 Å². The lowest BCUT2D eigenvalue weighted by atomic mass is 10.0. The molecule has 0 unspecified atom stereocenters. The third kappa shape index (κ3) is 33.1. The number of carbonyl (C=O) groups excluding carboxylic acids is 5. The fourth-order valence-corrected chi connectivity index (χ4v) is 5.67. The van der Waals surface area contributed by atoms with Crippen molar-refractivity contribution in [3.8, 4) is 0 Å². The maximum Gasteiger partial charge on any atom is 0.224 e. The number of ketones is 1. The Morgan fingerprint density at radius 1 is 0.433 bits per heavy atom. The second-order valence-corrected chi connectivity index (χ2v) is 14.9. The second kappa shape index (κ2) is 41.8. The summed E-state index contributed by atoms with van der Waals surface area (Å²) in [6.07, 6.45) is 16.7. The van der Waals surface area contributed by atoms with Crippen molar-refractivity contribution >= 4 is 80.2 Å². The Kier molecular flexibility index (Phi) is 46.4. The van der Waals surface area contributed by atoms with Crippen LogP contribution in [0.4, 0.5) is 39.8 Å². The molecule has 3 amide bonds. The zero-order valence-electron chi connectivity index (χ0n) is 36.9. The molecule has 17 heteroatoms. The molecule has 348 valence electrons. The van der Waals surface area contributed by atoms with Crippen LogP contribution >= 0.6 is 11.6 Å². The first-order chi connectivity index (χ1) is 26.7. The number of unbranched alkanes of at least 4 members (excludes halogenated alkanes) is 10. The lowest BCUT2D eigenvalue weighted by Crippen LogP contribution is -3.00. The Balaban J connectivity index is -0.000000378. The van der Waals surface area contributed by atoms with Crippen LogP contribution in [0.25, 0.3) is 0 Å². The maximum absolute atomic E-state index is 12.8. The molecule has 2 aromatic rings. The predicted molar refractivity (Wildman–Crippen MR) is 229 cm³/mol. The first kappa shape index (κ1) is 66.6. The van der Waals surface area contributed by atoms with Gasteiger partial charge < -0.3 is 88.5 Å². The van der Waals surface area contributed by atoms with Gasteiger partial charge in [-0.15, -0.1) is 0 Å². The molecular formula is C43H76Cl5N7O5. The molecule has 2 aromatic carbocycles. The van der Waals surface area contributed by atoms with Crippen LogP contribution in [0, 0.1) is 0 Å².